The van der Waals surface area contributed by atoms with Gasteiger partial charge in [-0.15, -0.1) is 11.8 Å². The number of benzene rings is 1. The van der Waals surface area contributed by atoms with Gasteiger partial charge in [0.2, 0.25) is 0 Å². The molecule has 2 rings (SSSR count). The second kappa shape index (κ2) is 6.11. The summed E-state index contributed by atoms with van der Waals surface area (Å²) in [7, 11) is 0. The maximum absolute atomic E-state index is 12.1. The zero-order chi connectivity index (χ0) is 14.5. The SMILES string of the molecule is CC#CCCNC(=O)N1CC(C(=O)O)c2ccccc21. The number of carboxylic acid groups (broad SMARTS) is 1. The van der Waals surface area contributed by atoms with Crippen molar-refractivity contribution in [3.63, 3.8) is 0 Å². The van der Waals surface area contributed by atoms with Gasteiger partial charge in [-0.05, 0) is 18.6 Å². The molecule has 1 atom stereocenters. The number of carbonyl (C=O) groups is 2. The lowest BCUT2D eigenvalue weighted by Gasteiger charge is -2.17. The third-order valence-electron chi connectivity index (χ3n) is 3.21. The minimum Gasteiger partial charge on any atom is -0.481 e. The average Bonchev–Trinajstić information content (AvgIpc) is 2.83. The Hall–Kier alpha value is -2.48. The second-order valence-electron chi connectivity index (χ2n) is 4.47. The summed E-state index contributed by atoms with van der Waals surface area (Å²) < 4.78 is 0. The Kier molecular flexibility index (Phi) is 4.26. The van der Waals surface area contributed by atoms with E-state index in [0.717, 1.165) is 0 Å². The highest BCUT2D eigenvalue weighted by Gasteiger charge is 2.36. The van der Waals surface area contributed by atoms with Gasteiger partial charge in [-0.1, -0.05) is 18.2 Å². The lowest BCUT2D eigenvalue weighted by atomic mass is 10.0. The Labute approximate surface area is 117 Å². The fourth-order valence-electron chi connectivity index (χ4n) is 2.26. The minimum atomic E-state index is -0.912. The van der Waals surface area contributed by atoms with E-state index in [-0.39, 0.29) is 12.6 Å². The lowest BCUT2D eigenvalue weighted by molar-refractivity contribution is -0.138. The van der Waals surface area contributed by atoms with Crippen molar-refractivity contribution in [2.24, 2.45) is 0 Å². The van der Waals surface area contributed by atoms with Crippen molar-refractivity contribution in [1.82, 2.24) is 5.32 Å². The van der Waals surface area contributed by atoms with Crippen LogP contribution in [0.15, 0.2) is 24.3 Å². The summed E-state index contributed by atoms with van der Waals surface area (Å²) >= 11 is 0. The van der Waals surface area contributed by atoms with Crippen LogP contribution in [-0.2, 0) is 4.79 Å². The van der Waals surface area contributed by atoms with Gasteiger partial charge in [0.25, 0.3) is 0 Å². The van der Waals surface area contributed by atoms with E-state index in [1.165, 1.54) is 4.90 Å². The number of nitrogens with one attached hydrogen (secondary N) is 1. The Morgan fingerprint density at radius 2 is 2.20 bits per heavy atom. The number of carbonyl (C=O) groups excluding carboxylic acids is 1. The highest BCUT2D eigenvalue weighted by atomic mass is 16.4. The zero-order valence-corrected chi connectivity index (χ0v) is 11.2. The smallest absolute Gasteiger partial charge is 0.321 e. The van der Waals surface area contributed by atoms with Crippen molar-refractivity contribution >= 4 is 17.7 Å². The van der Waals surface area contributed by atoms with E-state index in [1.807, 2.05) is 0 Å². The summed E-state index contributed by atoms with van der Waals surface area (Å²) in [5, 5.41) is 12.0. The fourth-order valence-corrected chi connectivity index (χ4v) is 2.26. The maximum atomic E-state index is 12.1. The minimum absolute atomic E-state index is 0.167. The van der Waals surface area contributed by atoms with Crippen LogP contribution in [0.4, 0.5) is 10.5 Å². The van der Waals surface area contributed by atoms with Gasteiger partial charge >= 0.3 is 12.0 Å². The number of amides is 2. The molecule has 1 heterocycles. The van der Waals surface area contributed by atoms with Crippen molar-refractivity contribution in [2.75, 3.05) is 18.0 Å². The van der Waals surface area contributed by atoms with Crippen LogP contribution in [0, 0.1) is 11.8 Å². The number of carboxylic acids is 1. The molecule has 0 fully saturated rings. The van der Waals surface area contributed by atoms with Gasteiger partial charge in [-0.2, -0.15) is 0 Å². The van der Waals surface area contributed by atoms with E-state index >= 15 is 0 Å². The third-order valence-corrected chi connectivity index (χ3v) is 3.21. The molecule has 2 amide bonds. The first kappa shape index (κ1) is 13.9. The number of hydrogen-bond acceptors (Lipinski definition) is 2. The number of anilines is 1. The standard InChI is InChI=1S/C15H16N2O3/c1-2-3-6-9-16-15(20)17-10-12(14(18)19)11-7-4-5-8-13(11)17/h4-5,7-8,12H,6,9-10H2,1H3,(H,16,20)(H,18,19). The highest BCUT2D eigenvalue weighted by Crippen LogP contribution is 2.36. The van der Waals surface area contributed by atoms with Crippen LogP contribution in [0.5, 0.6) is 0 Å². The molecule has 5 heteroatoms. The molecule has 0 saturated carbocycles. The van der Waals surface area contributed by atoms with Gasteiger partial charge in [0.1, 0.15) is 5.92 Å². The van der Waals surface area contributed by atoms with Crippen molar-refractivity contribution in [3.05, 3.63) is 29.8 Å². The molecule has 1 aliphatic rings. The number of aliphatic carboxylic acids is 1. The molecule has 5 nitrogen and oxygen atoms in total. The first-order valence-electron chi connectivity index (χ1n) is 6.42. The molecule has 1 aliphatic heterocycles. The van der Waals surface area contributed by atoms with E-state index in [4.69, 9.17) is 0 Å². The molecule has 0 radical (unpaired) electrons. The van der Waals surface area contributed by atoms with Gasteiger partial charge in [-0.3, -0.25) is 9.69 Å². The molecule has 1 aromatic rings. The van der Waals surface area contributed by atoms with Crippen LogP contribution in [-0.4, -0.2) is 30.2 Å². The number of rotatable bonds is 3. The molecular weight excluding hydrogens is 256 g/mol. The van der Waals surface area contributed by atoms with Crippen LogP contribution in [0.2, 0.25) is 0 Å². The molecule has 0 spiro atoms. The maximum Gasteiger partial charge on any atom is 0.321 e. The molecule has 0 aromatic heterocycles. The monoisotopic (exact) mass is 272 g/mol. The quantitative estimate of drug-likeness (QED) is 0.651. The summed E-state index contributed by atoms with van der Waals surface area (Å²) in [5.41, 5.74) is 1.35. The van der Waals surface area contributed by atoms with Crippen molar-refractivity contribution in [2.45, 2.75) is 19.3 Å². The van der Waals surface area contributed by atoms with Gasteiger partial charge in [0.15, 0.2) is 0 Å². The first-order valence-corrected chi connectivity index (χ1v) is 6.42. The summed E-state index contributed by atoms with van der Waals surface area (Å²) in [4.78, 5) is 24.8. The summed E-state index contributed by atoms with van der Waals surface area (Å²) in [5.74, 6) is 4.05. The van der Waals surface area contributed by atoms with Crippen LogP contribution >= 0.6 is 0 Å². The number of hydrogen-bond donors (Lipinski definition) is 2. The molecular formula is C15H16N2O3. The molecule has 2 N–H and O–H groups in total. The van der Waals surface area contributed by atoms with E-state index in [1.54, 1.807) is 31.2 Å². The predicted octanol–water partition coefficient (Wildman–Crippen LogP) is 1.80. The van der Waals surface area contributed by atoms with Gasteiger partial charge < -0.3 is 10.4 Å². The van der Waals surface area contributed by atoms with Gasteiger partial charge in [-0.25, -0.2) is 4.79 Å². The predicted molar refractivity (Wildman–Crippen MR) is 75.6 cm³/mol. The second-order valence-corrected chi connectivity index (χ2v) is 4.47. The van der Waals surface area contributed by atoms with Gasteiger partial charge in [0, 0.05) is 25.2 Å². The molecule has 104 valence electrons. The van der Waals surface area contributed by atoms with E-state index in [2.05, 4.69) is 17.2 Å². The number of fused-ring (bicyclic) bond motifs is 1. The van der Waals surface area contributed by atoms with Crippen molar-refractivity contribution in [1.29, 1.82) is 0 Å². The van der Waals surface area contributed by atoms with E-state index < -0.39 is 11.9 Å². The molecule has 20 heavy (non-hydrogen) atoms. The Morgan fingerprint density at radius 1 is 1.45 bits per heavy atom. The summed E-state index contributed by atoms with van der Waals surface area (Å²) in [6, 6.07) is 6.83. The number of nitrogens with zero attached hydrogens (tertiary/aromatic N) is 1. The summed E-state index contributed by atoms with van der Waals surface area (Å²) in [6.45, 7) is 2.37. The Bertz CT molecular complexity index is 586. The lowest BCUT2D eigenvalue weighted by Crippen LogP contribution is -2.40. The van der Waals surface area contributed by atoms with E-state index in [0.29, 0.717) is 24.2 Å². The fraction of sp³-hybridized carbons (Fsp3) is 0.333. The topological polar surface area (TPSA) is 69.6 Å². The van der Waals surface area contributed by atoms with Gasteiger partial charge in [0.05, 0.1) is 0 Å². The van der Waals surface area contributed by atoms with E-state index in [9.17, 15) is 14.7 Å². The third kappa shape index (κ3) is 2.75. The Morgan fingerprint density at radius 3 is 2.90 bits per heavy atom. The molecule has 0 saturated heterocycles. The molecule has 1 unspecified atom stereocenters. The largest absolute Gasteiger partial charge is 0.481 e. The normalized spacial score (nSPS) is 16.1. The molecule has 1 aromatic carbocycles. The molecule has 0 aliphatic carbocycles. The van der Waals surface area contributed by atoms with Crippen LogP contribution < -0.4 is 10.2 Å². The van der Waals surface area contributed by atoms with Crippen molar-refractivity contribution in [3.8, 4) is 11.8 Å². The first-order chi connectivity index (χ1) is 9.65. The Balaban J connectivity index is 2.11. The highest BCUT2D eigenvalue weighted by molar-refractivity contribution is 5.98. The summed E-state index contributed by atoms with van der Waals surface area (Å²) in [6.07, 6.45) is 0.583. The zero-order valence-electron chi connectivity index (χ0n) is 11.2. The van der Waals surface area contributed by atoms with Crippen LogP contribution in [0.1, 0.15) is 24.8 Å². The average molecular weight is 272 g/mol. The van der Waals surface area contributed by atoms with Crippen molar-refractivity contribution < 1.29 is 14.7 Å². The number of urea groups is 1. The van der Waals surface area contributed by atoms with Crippen LogP contribution in [0.25, 0.3) is 0 Å². The van der Waals surface area contributed by atoms with Crippen LogP contribution in [0.3, 0.4) is 0 Å². The molecule has 0 bridgehead atoms. The number of para-hydroxylation sites is 1.